The van der Waals surface area contributed by atoms with Crippen molar-refractivity contribution in [3.8, 4) is 0 Å². The van der Waals surface area contributed by atoms with Crippen molar-refractivity contribution in [1.82, 2.24) is 0 Å². The van der Waals surface area contributed by atoms with Crippen LogP contribution in [0.15, 0.2) is 30.3 Å². The zero-order valence-corrected chi connectivity index (χ0v) is 16.0. The Balaban J connectivity index is 2.42. The summed E-state index contributed by atoms with van der Waals surface area (Å²) in [6.45, 7) is 7.23. The van der Waals surface area contributed by atoms with Crippen molar-refractivity contribution in [2.75, 3.05) is 39.6 Å². The zero-order chi connectivity index (χ0) is 17.5. The average Bonchev–Trinajstić information content (AvgIpc) is 2.62. The molecule has 0 atom stereocenters. The van der Waals surface area contributed by atoms with Crippen LogP contribution in [-0.2, 0) is 18.5 Å². The van der Waals surface area contributed by atoms with E-state index in [0.29, 0.717) is 31.7 Å². The van der Waals surface area contributed by atoms with Gasteiger partial charge in [-0.05, 0) is 0 Å². The van der Waals surface area contributed by atoms with E-state index >= 15 is 0 Å². The normalized spacial score (nSPS) is 12.5. The molecule has 0 aliphatic rings. The number of hydrogen-bond donors (Lipinski definition) is 1. The van der Waals surface area contributed by atoms with Gasteiger partial charge in [0.25, 0.3) is 0 Å². The summed E-state index contributed by atoms with van der Waals surface area (Å²) < 4.78 is 22.4. The Hall–Kier alpha value is -0.550. The van der Waals surface area contributed by atoms with Crippen LogP contribution in [0.1, 0.15) is 39.5 Å². The first-order chi connectivity index (χ1) is 11.7. The molecule has 140 valence electrons. The van der Waals surface area contributed by atoms with Gasteiger partial charge in [0.05, 0.1) is 0 Å². The van der Waals surface area contributed by atoms with Crippen LogP contribution in [-0.4, -0.2) is 44.5 Å². The monoisotopic (exact) mass is 360 g/mol. The summed E-state index contributed by atoms with van der Waals surface area (Å²) in [5.41, 5.74) is 0. The van der Waals surface area contributed by atoms with Crippen molar-refractivity contribution in [1.29, 1.82) is 0 Å². The van der Waals surface area contributed by atoms with Crippen molar-refractivity contribution >= 4 is 13.2 Å². The average molecular weight is 360 g/mol. The van der Waals surface area contributed by atoms with Crippen LogP contribution in [0.25, 0.3) is 0 Å². The van der Waals surface area contributed by atoms with E-state index in [4.69, 9.17) is 18.5 Å². The van der Waals surface area contributed by atoms with E-state index in [1.807, 2.05) is 30.3 Å². The molecule has 0 spiro atoms. The van der Waals surface area contributed by atoms with Gasteiger partial charge in [0.1, 0.15) is 0 Å². The Morgan fingerprint density at radius 3 is 1.71 bits per heavy atom. The molecule has 0 amide bonds. The van der Waals surface area contributed by atoms with Crippen LogP contribution in [0.3, 0.4) is 0 Å². The van der Waals surface area contributed by atoms with Gasteiger partial charge in [0.2, 0.25) is 0 Å². The molecule has 0 bridgehead atoms. The van der Waals surface area contributed by atoms with Gasteiger partial charge in [-0.1, -0.05) is 0 Å². The van der Waals surface area contributed by atoms with E-state index in [1.165, 1.54) is 0 Å². The molecule has 0 saturated carbocycles. The molecule has 0 unspecified atom stereocenters. The molecule has 6 heteroatoms. The second-order valence-corrected chi connectivity index (χ2v) is 7.90. The van der Waals surface area contributed by atoms with Crippen molar-refractivity contribution in [2.24, 2.45) is 0 Å². The first kappa shape index (κ1) is 21.5. The second-order valence-electron chi connectivity index (χ2n) is 5.58. The van der Waals surface area contributed by atoms with Gasteiger partial charge in [-0.2, -0.15) is 0 Å². The number of benzene rings is 1. The molecule has 1 aromatic rings. The van der Waals surface area contributed by atoms with Gasteiger partial charge < -0.3 is 0 Å². The zero-order valence-electron chi connectivity index (χ0n) is 15.0. The quantitative estimate of drug-likeness (QED) is 0.383. The third kappa shape index (κ3) is 9.07. The Bertz CT molecular complexity index is 386. The van der Waals surface area contributed by atoms with Gasteiger partial charge in [-0.15, -0.1) is 0 Å². The molecule has 0 fully saturated rings. The predicted molar refractivity (Wildman–Crippen MR) is 100.0 cm³/mol. The summed E-state index contributed by atoms with van der Waals surface area (Å²) in [4.78, 5) is 10.9. The summed E-state index contributed by atoms with van der Waals surface area (Å²) in [5, 5.41) is 0.701. The van der Waals surface area contributed by atoms with Gasteiger partial charge in [-0.25, -0.2) is 0 Å². The molecule has 0 aliphatic carbocycles. The molecule has 0 aliphatic heterocycles. The third-order valence-corrected chi connectivity index (χ3v) is 5.73. The van der Waals surface area contributed by atoms with Gasteiger partial charge in [0, 0.05) is 0 Å². The molecule has 0 aromatic heterocycles. The van der Waals surface area contributed by atoms with Crippen LogP contribution in [0.2, 0.25) is 0 Å². The van der Waals surface area contributed by atoms with Gasteiger partial charge >= 0.3 is 146 Å². The minimum absolute atomic E-state index is 0.317. The van der Waals surface area contributed by atoms with E-state index in [1.54, 1.807) is 0 Å². The first-order valence-electron chi connectivity index (χ1n) is 8.94. The van der Waals surface area contributed by atoms with E-state index < -0.39 is 7.94 Å². The van der Waals surface area contributed by atoms with Crippen molar-refractivity contribution < 1.29 is 23.4 Å². The van der Waals surface area contributed by atoms with Crippen LogP contribution in [0.4, 0.5) is 0 Å². The van der Waals surface area contributed by atoms with Gasteiger partial charge in [0.15, 0.2) is 0 Å². The fraction of sp³-hybridized carbons (Fsp3) is 0.667. The molecule has 0 saturated heterocycles. The third-order valence-electron chi connectivity index (χ3n) is 3.47. The van der Waals surface area contributed by atoms with Crippen LogP contribution in [0, 0.1) is 0 Å². The van der Waals surface area contributed by atoms with Crippen molar-refractivity contribution in [3.05, 3.63) is 30.3 Å². The van der Waals surface area contributed by atoms with Gasteiger partial charge in [-0.3, -0.25) is 0 Å². The minimum atomic E-state index is -3.42. The van der Waals surface area contributed by atoms with E-state index in [2.05, 4.69) is 13.8 Å². The Kier molecular flexibility index (Phi) is 12.3. The molecule has 1 rings (SSSR count). The molecule has 1 N–H and O–H groups in total. The molecule has 0 radical (unpaired) electrons. The Labute approximate surface area is 146 Å². The van der Waals surface area contributed by atoms with Crippen molar-refractivity contribution in [3.63, 3.8) is 0 Å². The summed E-state index contributed by atoms with van der Waals surface area (Å²) >= 11 is 0. The van der Waals surface area contributed by atoms with Crippen LogP contribution in [0.5, 0.6) is 0 Å². The summed E-state index contributed by atoms with van der Waals surface area (Å²) in [7, 11) is -3.42. The molecule has 1 aromatic carbocycles. The first-order valence-corrected chi connectivity index (χ1v) is 10.7. The summed E-state index contributed by atoms with van der Waals surface area (Å²) in [6.07, 6.45) is 4.27. The fourth-order valence-corrected chi connectivity index (χ4v) is 3.78. The van der Waals surface area contributed by atoms with Crippen LogP contribution >= 0.6 is 7.94 Å². The van der Waals surface area contributed by atoms with Crippen LogP contribution < -0.4 is 5.30 Å². The molecule has 0 heterocycles. The fourth-order valence-electron chi connectivity index (χ4n) is 2.03. The summed E-state index contributed by atoms with van der Waals surface area (Å²) in [5.74, 6) is 0. The molecule has 24 heavy (non-hydrogen) atoms. The maximum absolute atomic E-state index is 10.9. The molecule has 5 nitrogen and oxygen atoms in total. The van der Waals surface area contributed by atoms with E-state index in [0.717, 1.165) is 38.9 Å². The molecular formula is C18H33O5P. The predicted octanol–water partition coefficient (Wildman–Crippen LogP) is 3.47. The Morgan fingerprint density at radius 2 is 1.25 bits per heavy atom. The number of rotatable bonds is 15. The Morgan fingerprint density at radius 1 is 0.750 bits per heavy atom. The molecular weight excluding hydrogens is 327 g/mol. The summed E-state index contributed by atoms with van der Waals surface area (Å²) in [6, 6.07) is 9.31. The second kappa shape index (κ2) is 13.7. The SMILES string of the molecule is CCCCOCCO[PH](O)(OCCOCCCC)c1ccccc1. The van der Waals surface area contributed by atoms with E-state index in [9.17, 15) is 4.89 Å². The van der Waals surface area contributed by atoms with E-state index in [-0.39, 0.29) is 0 Å². The topological polar surface area (TPSA) is 57.2 Å². The maximum atomic E-state index is 10.9. The number of ether oxygens (including phenoxy) is 2. The standard InChI is InChI=1S/C18H33O5P/c1-3-5-12-20-14-16-22-24(19,18-10-8-7-9-11-18)23-17-15-21-13-6-4-2/h7-11,19,24H,3-6,12-17H2,1-2H3. The van der Waals surface area contributed by atoms with Crippen molar-refractivity contribution in [2.45, 2.75) is 39.5 Å². The number of unbranched alkanes of at least 4 members (excludes halogenated alkanes) is 2. The number of hydrogen-bond acceptors (Lipinski definition) is 5.